The lowest BCUT2D eigenvalue weighted by Gasteiger charge is -2.48. The fourth-order valence-electron chi connectivity index (χ4n) is 8.60. The van der Waals surface area contributed by atoms with E-state index in [0.717, 1.165) is 51.4 Å². The predicted octanol–water partition coefficient (Wildman–Crippen LogP) is 1.09. The van der Waals surface area contributed by atoms with E-state index >= 15 is 0 Å². The molecule has 3 aliphatic heterocycles. The van der Waals surface area contributed by atoms with Crippen LogP contribution in [0.25, 0.3) is 0 Å². The van der Waals surface area contributed by atoms with Crippen molar-refractivity contribution in [3.63, 3.8) is 0 Å². The van der Waals surface area contributed by atoms with E-state index in [-0.39, 0.29) is 18.9 Å². The molecular weight excluding hydrogens is 867 g/mol. The Kier molecular flexibility index (Phi) is 29.6. The Balaban J connectivity index is 1.56. The van der Waals surface area contributed by atoms with Crippen molar-refractivity contribution in [1.82, 2.24) is 5.32 Å². The topological polar surface area (TPSA) is 307 Å². The molecular formula is C47H87NO18. The summed E-state index contributed by atoms with van der Waals surface area (Å²) < 4.78 is 34.0. The number of hydrogen-bond donors (Lipinski definition) is 12. The Bertz CT molecular complexity index is 1280. The van der Waals surface area contributed by atoms with Crippen LogP contribution in [0.15, 0.2) is 12.2 Å². The molecule has 17 unspecified atom stereocenters. The van der Waals surface area contributed by atoms with Crippen LogP contribution in [0.1, 0.15) is 149 Å². The zero-order chi connectivity index (χ0) is 48.4. The molecule has 0 aromatic heterocycles. The second-order valence-corrected chi connectivity index (χ2v) is 18.3. The number of carbonyl (C=O) groups is 1. The Morgan fingerprint density at radius 3 is 1.42 bits per heavy atom. The molecule has 0 spiro atoms. The average Bonchev–Trinajstić information content (AvgIpc) is 3.31. The third-order valence-electron chi connectivity index (χ3n) is 12.8. The zero-order valence-electron chi connectivity index (χ0n) is 39.4. The van der Waals surface area contributed by atoms with E-state index in [9.17, 15) is 61.0 Å². The first-order valence-corrected chi connectivity index (χ1v) is 24.9. The Hall–Kier alpha value is -1.47. The van der Waals surface area contributed by atoms with Crippen LogP contribution in [0.4, 0.5) is 0 Å². The summed E-state index contributed by atoms with van der Waals surface area (Å²) in [6, 6.07) is -0.962. The summed E-state index contributed by atoms with van der Waals surface area (Å²) in [6.07, 6.45) is -0.411. The van der Waals surface area contributed by atoms with Gasteiger partial charge in [-0.3, -0.25) is 4.79 Å². The van der Waals surface area contributed by atoms with Crippen molar-refractivity contribution in [2.24, 2.45) is 0 Å². The monoisotopic (exact) mass is 954 g/mol. The SMILES string of the molecule is CCCCCCCC/C=C/C(O)C(COC1OC(CO)C(OC2OC(CO)C(OC3OC(CO)C(O)C(O)C3O)C(O)C2O)C(O)C1O)NC(=O)CCCCCCCCCCCCCCC. The molecule has 0 saturated carbocycles. The van der Waals surface area contributed by atoms with Crippen molar-refractivity contribution in [2.45, 2.75) is 253 Å². The van der Waals surface area contributed by atoms with E-state index in [2.05, 4.69) is 19.2 Å². The summed E-state index contributed by atoms with van der Waals surface area (Å²) in [5, 5.41) is 119. The molecule has 19 nitrogen and oxygen atoms in total. The summed E-state index contributed by atoms with van der Waals surface area (Å²) in [6.45, 7) is 1.63. The number of carbonyl (C=O) groups excluding carboxylic acids is 1. The fourth-order valence-corrected chi connectivity index (χ4v) is 8.60. The van der Waals surface area contributed by atoms with Crippen LogP contribution < -0.4 is 5.32 Å². The number of hydrogen-bond acceptors (Lipinski definition) is 18. The molecule has 0 aromatic carbocycles. The Morgan fingerprint density at radius 2 is 0.939 bits per heavy atom. The van der Waals surface area contributed by atoms with Crippen molar-refractivity contribution >= 4 is 5.91 Å². The third kappa shape index (κ3) is 19.4. The number of amides is 1. The molecule has 19 heteroatoms. The standard InChI is InChI=1S/C47H87NO18/c1-3-5-7-9-11-13-14-15-16-17-19-21-23-25-35(53)48-30(31(52)24-22-20-18-12-10-8-6-4-2)29-61-45-41(59)38(56)43(33(27-50)63-45)66-47-42(60)39(57)44(34(28-51)64-47)65-46-40(58)37(55)36(54)32(26-49)62-46/h22,24,30-34,36-47,49-52,54-60H,3-21,23,25-29H2,1-2H3,(H,48,53)/b24-22+. The van der Waals surface area contributed by atoms with Gasteiger partial charge in [0.05, 0.1) is 38.6 Å². The van der Waals surface area contributed by atoms with Gasteiger partial charge in [0.1, 0.15) is 73.2 Å². The summed E-state index contributed by atoms with van der Waals surface area (Å²) in [5.74, 6) is -0.280. The van der Waals surface area contributed by atoms with Gasteiger partial charge in [-0.1, -0.05) is 135 Å². The minimum absolute atomic E-state index is 0.247. The maximum atomic E-state index is 13.1. The van der Waals surface area contributed by atoms with E-state index in [1.54, 1.807) is 6.08 Å². The molecule has 3 saturated heterocycles. The number of rotatable bonds is 34. The van der Waals surface area contributed by atoms with Gasteiger partial charge in [-0.25, -0.2) is 0 Å². The van der Waals surface area contributed by atoms with Crippen LogP contribution in [0.2, 0.25) is 0 Å². The molecule has 388 valence electrons. The van der Waals surface area contributed by atoms with Gasteiger partial charge in [0.15, 0.2) is 18.9 Å². The molecule has 3 heterocycles. The number of unbranched alkanes of at least 4 members (excludes halogenated alkanes) is 18. The van der Waals surface area contributed by atoms with Crippen LogP contribution in [-0.4, -0.2) is 193 Å². The quantitative estimate of drug-likeness (QED) is 0.0317. The fraction of sp³-hybridized carbons (Fsp3) is 0.936. The molecule has 17 atom stereocenters. The van der Waals surface area contributed by atoms with Crippen LogP contribution >= 0.6 is 0 Å². The van der Waals surface area contributed by atoms with Gasteiger partial charge in [-0.05, 0) is 19.3 Å². The van der Waals surface area contributed by atoms with Gasteiger partial charge in [0.25, 0.3) is 0 Å². The molecule has 0 aromatic rings. The van der Waals surface area contributed by atoms with Gasteiger partial charge >= 0.3 is 0 Å². The largest absolute Gasteiger partial charge is 0.394 e. The smallest absolute Gasteiger partial charge is 0.220 e. The highest BCUT2D eigenvalue weighted by Gasteiger charge is 2.53. The molecule has 1 amide bonds. The molecule has 3 aliphatic rings. The van der Waals surface area contributed by atoms with Crippen LogP contribution in [0.5, 0.6) is 0 Å². The Morgan fingerprint density at radius 1 is 0.530 bits per heavy atom. The number of aliphatic hydroxyl groups is 11. The first-order valence-electron chi connectivity index (χ1n) is 24.9. The lowest BCUT2D eigenvalue weighted by molar-refractivity contribution is -0.379. The summed E-state index contributed by atoms with van der Waals surface area (Å²) in [5.41, 5.74) is 0. The van der Waals surface area contributed by atoms with Crippen LogP contribution in [-0.2, 0) is 33.2 Å². The van der Waals surface area contributed by atoms with Crippen molar-refractivity contribution in [3.8, 4) is 0 Å². The molecule has 3 fully saturated rings. The highest BCUT2D eigenvalue weighted by Crippen LogP contribution is 2.33. The van der Waals surface area contributed by atoms with Crippen molar-refractivity contribution in [1.29, 1.82) is 0 Å². The van der Waals surface area contributed by atoms with E-state index < -0.39 is 124 Å². The normalized spacial score (nSPS) is 33.9. The molecule has 12 N–H and O–H groups in total. The summed E-state index contributed by atoms with van der Waals surface area (Å²) in [4.78, 5) is 13.1. The van der Waals surface area contributed by atoms with E-state index in [1.807, 2.05) is 6.08 Å². The van der Waals surface area contributed by atoms with E-state index in [0.29, 0.717) is 6.42 Å². The number of allylic oxidation sites excluding steroid dienone is 1. The second-order valence-electron chi connectivity index (χ2n) is 18.3. The minimum atomic E-state index is -1.97. The number of nitrogens with one attached hydrogen (secondary N) is 1. The lowest BCUT2D eigenvalue weighted by Crippen LogP contribution is -2.66. The molecule has 66 heavy (non-hydrogen) atoms. The summed E-state index contributed by atoms with van der Waals surface area (Å²) >= 11 is 0. The second kappa shape index (κ2) is 33.2. The van der Waals surface area contributed by atoms with Crippen molar-refractivity contribution in [2.75, 3.05) is 26.4 Å². The van der Waals surface area contributed by atoms with Crippen molar-refractivity contribution < 1.29 is 89.4 Å². The maximum Gasteiger partial charge on any atom is 0.220 e. The predicted molar refractivity (Wildman–Crippen MR) is 240 cm³/mol. The Labute approximate surface area is 391 Å². The van der Waals surface area contributed by atoms with Crippen molar-refractivity contribution in [3.05, 3.63) is 12.2 Å². The lowest BCUT2D eigenvalue weighted by atomic mass is 9.96. The van der Waals surface area contributed by atoms with E-state index in [1.165, 1.54) is 70.6 Å². The van der Waals surface area contributed by atoms with Crippen LogP contribution in [0, 0.1) is 0 Å². The highest BCUT2D eigenvalue weighted by atomic mass is 16.8. The van der Waals surface area contributed by atoms with Gasteiger partial charge in [-0.2, -0.15) is 0 Å². The maximum absolute atomic E-state index is 13.1. The van der Waals surface area contributed by atoms with Gasteiger partial charge < -0.3 is 89.9 Å². The third-order valence-corrected chi connectivity index (χ3v) is 12.8. The molecule has 0 aliphatic carbocycles. The zero-order valence-corrected chi connectivity index (χ0v) is 39.4. The molecule has 0 bridgehead atoms. The first-order chi connectivity index (χ1) is 31.8. The van der Waals surface area contributed by atoms with Crippen LogP contribution in [0.3, 0.4) is 0 Å². The van der Waals surface area contributed by atoms with E-state index in [4.69, 9.17) is 28.4 Å². The number of aliphatic hydroxyl groups excluding tert-OH is 11. The number of ether oxygens (including phenoxy) is 6. The summed E-state index contributed by atoms with van der Waals surface area (Å²) in [7, 11) is 0. The highest BCUT2D eigenvalue weighted by molar-refractivity contribution is 5.76. The molecule has 0 radical (unpaired) electrons. The average molecular weight is 954 g/mol. The molecule has 3 rings (SSSR count). The first kappa shape index (κ1) is 58.8. The minimum Gasteiger partial charge on any atom is -0.394 e. The van der Waals surface area contributed by atoms with Gasteiger partial charge in [0, 0.05) is 6.42 Å². The van der Waals surface area contributed by atoms with Gasteiger partial charge in [-0.15, -0.1) is 0 Å². The van der Waals surface area contributed by atoms with Gasteiger partial charge in [0.2, 0.25) is 5.91 Å².